The molecule has 111 heavy (non-hydrogen) atoms. The van der Waals surface area contributed by atoms with Gasteiger partial charge in [0, 0.05) is 19.8 Å². The van der Waals surface area contributed by atoms with Gasteiger partial charge in [-0.25, -0.2) is 4.79 Å². The molecule has 3 aliphatic rings. The molecular weight excluding hydrogens is 1420 g/mol. The van der Waals surface area contributed by atoms with E-state index in [0.29, 0.717) is 12.8 Å². The number of ether oxygens (including phenoxy) is 6. The van der Waals surface area contributed by atoms with E-state index in [-0.39, 0.29) is 12.3 Å². The molecule has 18 unspecified atom stereocenters. The third kappa shape index (κ3) is 45.1. The van der Waals surface area contributed by atoms with Gasteiger partial charge in [-0.3, -0.25) is 9.59 Å². The van der Waals surface area contributed by atoms with Gasteiger partial charge in [0.05, 0.1) is 50.7 Å². The first kappa shape index (κ1) is 102. The summed E-state index contributed by atoms with van der Waals surface area (Å²) in [6.45, 7) is 2.21. The second-order valence-corrected chi connectivity index (χ2v) is 32.8. The summed E-state index contributed by atoms with van der Waals surface area (Å²) >= 11 is 0. The summed E-state index contributed by atoms with van der Waals surface area (Å²) in [7, 11) is 0. The van der Waals surface area contributed by atoms with E-state index in [0.717, 1.165) is 51.9 Å². The highest BCUT2D eigenvalue weighted by atomic mass is 16.8. The average molecular weight is 1590 g/mol. The number of rotatable bonds is 73. The minimum absolute atomic E-state index is 0.204. The van der Waals surface area contributed by atoms with Crippen molar-refractivity contribution in [2.75, 3.05) is 26.4 Å². The van der Waals surface area contributed by atoms with Crippen LogP contribution in [0.1, 0.15) is 380 Å². The molecule has 0 aromatic heterocycles. The number of carboxylic acids is 1. The van der Waals surface area contributed by atoms with E-state index >= 15 is 0 Å². The van der Waals surface area contributed by atoms with Crippen molar-refractivity contribution < 1.29 is 104 Å². The SMILES string of the molecule is CCCCCCCCCCCCCC/C=C\CCCCCCCCCCCCCCCCCCCC(=O)NC(COC1OC(CO)C(OC2OC(CO)C(O)C(OC3(C(=O)O)CC(O)C(NC(C)=O)C(C(O)C(O)CO)O3)C2O)C(O)C1O)C(O)/C=C/CCCCCCCCCCCCCCCCCCCCCCCC. The minimum atomic E-state index is -3.08. The largest absolute Gasteiger partial charge is 0.477 e. The maximum atomic E-state index is 13.6. The number of nitrogens with one attached hydrogen (secondary N) is 2. The first-order chi connectivity index (χ1) is 53.9. The fourth-order valence-electron chi connectivity index (χ4n) is 15.8. The fraction of sp³-hybridized carbons (Fsp3) is 0.920. The Bertz CT molecular complexity index is 2290. The van der Waals surface area contributed by atoms with Crippen LogP contribution in [0, 0.1) is 0 Å². The number of carbonyl (C=O) groups excluding carboxylic acids is 2. The summed E-state index contributed by atoms with van der Waals surface area (Å²) in [4.78, 5) is 38.8. The average Bonchev–Trinajstić information content (AvgIpc) is 0.753. The predicted octanol–water partition coefficient (Wildman–Crippen LogP) is 14.3. The third-order valence-electron chi connectivity index (χ3n) is 22.9. The zero-order valence-electron chi connectivity index (χ0n) is 69.6. The van der Waals surface area contributed by atoms with Crippen LogP contribution in [0.5, 0.6) is 0 Å². The zero-order chi connectivity index (χ0) is 81.0. The topological polar surface area (TPSA) is 373 Å². The molecule has 18 atom stereocenters. The molecule has 3 heterocycles. The molecule has 23 nitrogen and oxygen atoms in total. The number of aliphatic carboxylic acids is 1. The third-order valence-corrected chi connectivity index (χ3v) is 22.9. The molecular formula is C88H164N2O21. The monoisotopic (exact) mass is 1590 g/mol. The Morgan fingerprint density at radius 3 is 1.23 bits per heavy atom. The number of allylic oxidation sites excluding steroid dienone is 3. The van der Waals surface area contributed by atoms with E-state index in [1.165, 1.54) is 289 Å². The molecule has 23 heteroatoms. The number of unbranched alkanes of at least 4 members (excludes halogenated alkanes) is 51. The predicted molar refractivity (Wildman–Crippen MR) is 435 cm³/mol. The molecule has 0 spiro atoms. The highest BCUT2D eigenvalue weighted by molar-refractivity contribution is 5.77. The van der Waals surface area contributed by atoms with Crippen LogP contribution in [-0.2, 0) is 42.8 Å². The molecule has 0 aromatic rings. The van der Waals surface area contributed by atoms with Crippen molar-refractivity contribution >= 4 is 17.8 Å². The van der Waals surface area contributed by atoms with Crippen LogP contribution in [0.25, 0.3) is 0 Å². The molecule has 0 aromatic carbocycles. The molecule has 3 saturated heterocycles. The van der Waals surface area contributed by atoms with Crippen molar-refractivity contribution in [2.45, 2.75) is 490 Å². The van der Waals surface area contributed by atoms with Crippen molar-refractivity contribution in [1.82, 2.24) is 10.6 Å². The lowest BCUT2D eigenvalue weighted by molar-refractivity contribution is -0.386. The van der Waals surface area contributed by atoms with Crippen LogP contribution in [0.3, 0.4) is 0 Å². The number of carboxylic acid groups (broad SMARTS) is 1. The fourth-order valence-corrected chi connectivity index (χ4v) is 15.8. The molecule has 3 rings (SSSR count). The summed E-state index contributed by atoms with van der Waals surface area (Å²) in [5, 5.41) is 137. The Labute approximate surface area is 670 Å². The molecule has 0 bridgehead atoms. The Kier molecular flexibility index (Phi) is 61.0. The van der Waals surface area contributed by atoms with Gasteiger partial charge in [0.15, 0.2) is 12.6 Å². The summed E-state index contributed by atoms with van der Waals surface area (Å²) in [5.41, 5.74) is 0. The quantitative estimate of drug-likeness (QED) is 0.0199. The molecule has 14 N–H and O–H groups in total. The van der Waals surface area contributed by atoms with Gasteiger partial charge < -0.3 is 100 Å². The molecule has 3 fully saturated rings. The van der Waals surface area contributed by atoms with Crippen LogP contribution in [0.4, 0.5) is 0 Å². The van der Waals surface area contributed by atoms with Crippen LogP contribution >= 0.6 is 0 Å². The number of aliphatic hydroxyl groups excluding tert-OH is 11. The lowest BCUT2D eigenvalue weighted by atomic mass is 9.88. The van der Waals surface area contributed by atoms with Gasteiger partial charge in [0.25, 0.3) is 5.79 Å². The standard InChI is InChI=1S/C88H164N2O21/c1-4-6-8-10-12-14-16-18-20-22-24-26-28-30-31-32-33-34-35-36-37-38-40-42-44-46-48-50-52-54-56-58-60-62-75(98)90-69(70(95)61-59-57-55-53-51-49-47-45-43-41-39-29-27-25-23-21-19-17-15-13-11-9-7-5-2)67-106-85-80(102)79(101)82(74(66-93)108-85)109-86-81(103)84(78(100)73(65-92)107-86)111-88(87(104)105)63-71(96)76(89-68(3)94)83(110-88)77(99)72(97)64-91/h30-31,59,61,69-74,76-86,91-93,95-97,99-103H,4-29,32-58,60,62-67H2,1-3H3,(H,89,94)(H,90,98)(H,104,105)/b31-30-,61-59+. The smallest absolute Gasteiger partial charge is 0.364 e. The maximum absolute atomic E-state index is 13.6. The first-order valence-corrected chi connectivity index (χ1v) is 45.2. The minimum Gasteiger partial charge on any atom is -0.477 e. The summed E-state index contributed by atoms with van der Waals surface area (Å²) in [6, 6.07) is -2.62. The van der Waals surface area contributed by atoms with Crippen LogP contribution in [0.15, 0.2) is 24.3 Å². The summed E-state index contributed by atoms with van der Waals surface area (Å²) in [5.74, 6) is -6.13. The molecule has 0 saturated carbocycles. The van der Waals surface area contributed by atoms with Crippen LogP contribution in [0.2, 0.25) is 0 Å². The van der Waals surface area contributed by atoms with Gasteiger partial charge in [-0.05, 0) is 44.9 Å². The van der Waals surface area contributed by atoms with Crippen LogP contribution in [-0.4, -0.2) is 215 Å². The van der Waals surface area contributed by atoms with E-state index in [2.05, 4.69) is 36.6 Å². The van der Waals surface area contributed by atoms with Crippen molar-refractivity contribution in [3.05, 3.63) is 24.3 Å². The van der Waals surface area contributed by atoms with Crippen molar-refractivity contribution in [3.8, 4) is 0 Å². The van der Waals surface area contributed by atoms with Gasteiger partial charge in [-0.1, -0.05) is 340 Å². The Hall–Kier alpha value is -2.79. The van der Waals surface area contributed by atoms with Crippen molar-refractivity contribution in [3.63, 3.8) is 0 Å². The van der Waals surface area contributed by atoms with Gasteiger partial charge in [0.1, 0.15) is 67.1 Å². The van der Waals surface area contributed by atoms with E-state index in [4.69, 9.17) is 28.4 Å². The Morgan fingerprint density at radius 2 is 0.847 bits per heavy atom. The van der Waals surface area contributed by atoms with Crippen molar-refractivity contribution in [2.24, 2.45) is 0 Å². The second-order valence-electron chi connectivity index (χ2n) is 32.8. The summed E-state index contributed by atoms with van der Waals surface area (Å²) in [6.07, 6.45) is 48.0. The molecule has 0 radical (unpaired) electrons. The first-order valence-electron chi connectivity index (χ1n) is 45.2. The number of aliphatic hydroxyl groups is 11. The highest BCUT2D eigenvalue weighted by Gasteiger charge is 2.60. The van der Waals surface area contributed by atoms with E-state index < -0.39 is 155 Å². The van der Waals surface area contributed by atoms with Gasteiger partial charge in [0.2, 0.25) is 11.8 Å². The van der Waals surface area contributed by atoms with E-state index in [9.17, 15) is 75.7 Å². The lowest BCUT2D eigenvalue weighted by Crippen LogP contribution is -2.70. The van der Waals surface area contributed by atoms with Crippen molar-refractivity contribution in [1.29, 1.82) is 0 Å². The van der Waals surface area contributed by atoms with Gasteiger partial charge >= 0.3 is 5.97 Å². The summed E-state index contributed by atoms with van der Waals surface area (Å²) < 4.78 is 35.0. The van der Waals surface area contributed by atoms with Gasteiger partial charge in [-0.15, -0.1) is 0 Å². The van der Waals surface area contributed by atoms with E-state index in [1.54, 1.807) is 6.08 Å². The number of carbonyl (C=O) groups is 3. The lowest BCUT2D eigenvalue weighted by Gasteiger charge is -2.50. The van der Waals surface area contributed by atoms with Crippen LogP contribution < -0.4 is 10.6 Å². The molecule has 652 valence electrons. The molecule has 2 amide bonds. The zero-order valence-corrected chi connectivity index (χ0v) is 69.6. The number of hydrogen-bond acceptors (Lipinski definition) is 20. The molecule has 3 aliphatic heterocycles. The van der Waals surface area contributed by atoms with Gasteiger partial charge in [-0.2, -0.15) is 0 Å². The highest BCUT2D eigenvalue weighted by Crippen LogP contribution is 2.39. The Balaban J connectivity index is 1.45. The maximum Gasteiger partial charge on any atom is 0.364 e. The Morgan fingerprint density at radius 1 is 0.468 bits per heavy atom. The molecule has 0 aliphatic carbocycles. The number of amides is 2. The number of hydrogen-bond donors (Lipinski definition) is 14. The normalized spacial score (nSPS) is 25.5. The second kappa shape index (κ2) is 66.2. The van der Waals surface area contributed by atoms with E-state index in [1.807, 2.05) is 6.08 Å².